The summed E-state index contributed by atoms with van der Waals surface area (Å²) in [4.78, 5) is 14.6. The molecule has 1 aliphatic rings. The molecule has 1 fully saturated rings. The van der Waals surface area contributed by atoms with Crippen molar-refractivity contribution in [1.82, 2.24) is 4.90 Å². The minimum atomic E-state index is -0.151. The van der Waals surface area contributed by atoms with Gasteiger partial charge in [0, 0.05) is 29.1 Å². The molecule has 0 saturated carbocycles. The van der Waals surface area contributed by atoms with Crippen LogP contribution in [0.25, 0.3) is 0 Å². The average molecular weight is 393 g/mol. The van der Waals surface area contributed by atoms with Crippen LogP contribution in [-0.2, 0) is 0 Å². The predicted molar refractivity (Wildman–Crippen MR) is 107 cm³/mol. The number of thioether (sulfide) groups is 1. The molecule has 7 heteroatoms. The van der Waals surface area contributed by atoms with Gasteiger partial charge in [-0.05, 0) is 42.3 Å². The number of aryl methyl sites for hydroxylation is 1. The van der Waals surface area contributed by atoms with Gasteiger partial charge in [0.1, 0.15) is 16.9 Å². The molecule has 2 amide bonds. The van der Waals surface area contributed by atoms with Gasteiger partial charge < -0.3 is 19.7 Å². The van der Waals surface area contributed by atoms with E-state index in [1.54, 1.807) is 32.0 Å². The van der Waals surface area contributed by atoms with Crippen LogP contribution in [0.15, 0.2) is 36.4 Å². The minimum Gasteiger partial charge on any atom is -0.497 e. The Balaban J connectivity index is 1.81. The number of anilines is 1. The number of hydrogen-bond donors (Lipinski definition) is 1. The molecule has 3 rings (SSSR count). The number of nitrogens with zero attached hydrogens (tertiary/aromatic N) is 1. The normalized spacial score (nSPS) is 16.5. The number of benzene rings is 2. The molecule has 0 aliphatic carbocycles. The first-order valence-electron chi connectivity index (χ1n) is 8.20. The lowest BCUT2D eigenvalue weighted by atomic mass is 10.2. The van der Waals surface area contributed by atoms with Crippen LogP contribution in [0.3, 0.4) is 0 Å². The fourth-order valence-electron chi connectivity index (χ4n) is 2.79. The van der Waals surface area contributed by atoms with E-state index in [9.17, 15) is 4.79 Å². The number of amides is 2. The lowest BCUT2D eigenvalue weighted by Crippen LogP contribution is -2.34. The molecule has 2 aromatic carbocycles. The third-order valence-electron chi connectivity index (χ3n) is 4.23. The Bertz CT molecular complexity index is 793. The van der Waals surface area contributed by atoms with Crippen LogP contribution in [0.2, 0.25) is 5.02 Å². The molecule has 26 heavy (non-hydrogen) atoms. The van der Waals surface area contributed by atoms with Crippen molar-refractivity contribution in [3.8, 4) is 11.5 Å². The molecule has 0 aromatic heterocycles. The summed E-state index contributed by atoms with van der Waals surface area (Å²) >= 11 is 7.87. The zero-order valence-corrected chi connectivity index (χ0v) is 16.5. The maximum atomic E-state index is 12.8. The number of hydrogen-bond acceptors (Lipinski definition) is 4. The van der Waals surface area contributed by atoms with E-state index < -0.39 is 0 Å². The van der Waals surface area contributed by atoms with Crippen molar-refractivity contribution >= 4 is 35.1 Å². The highest BCUT2D eigenvalue weighted by Crippen LogP contribution is 2.41. The van der Waals surface area contributed by atoms with E-state index in [2.05, 4.69) is 5.32 Å². The smallest absolute Gasteiger partial charge is 0.323 e. The average Bonchev–Trinajstić information content (AvgIpc) is 3.14. The van der Waals surface area contributed by atoms with Crippen molar-refractivity contribution in [3.05, 3.63) is 52.5 Å². The largest absolute Gasteiger partial charge is 0.497 e. The topological polar surface area (TPSA) is 50.8 Å². The van der Waals surface area contributed by atoms with Crippen molar-refractivity contribution < 1.29 is 14.3 Å². The summed E-state index contributed by atoms with van der Waals surface area (Å²) in [6.07, 6.45) is 0. The lowest BCUT2D eigenvalue weighted by Gasteiger charge is -2.25. The fraction of sp³-hybridized carbons (Fsp3) is 0.316. The number of carbonyl (C=O) groups excluding carboxylic acids is 1. The Hall–Kier alpha value is -2.05. The van der Waals surface area contributed by atoms with Crippen LogP contribution < -0.4 is 14.8 Å². The van der Waals surface area contributed by atoms with Gasteiger partial charge >= 0.3 is 6.03 Å². The number of nitrogens with one attached hydrogen (secondary N) is 1. The number of carbonyl (C=O) groups is 1. The van der Waals surface area contributed by atoms with Crippen LogP contribution in [0.5, 0.6) is 11.5 Å². The minimum absolute atomic E-state index is 0.0973. The number of rotatable bonds is 4. The summed E-state index contributed by atoms with van der Waals surface area (Å²) in [7, 11) is 3.23. The van der Waals surface area contributed by atoms with Crippen LogP contribution in [0.1, 0.15) is 16.5 Å². The summed E-state index contributed by atoms with van der Waals surface area (Å²) in [6, 6.07) is 11.1. The second-order valence-corrected chi connectivity index (χ2v) is 7.55. The van der Waals surface area contributed by atoms with Crippen molar-refractivity contribution in [2.45, 2.75) is 12.3 Å². The monoisotopic (exact) mass is 392 g/mol. The summed E-state index contributed by atoms with van der Waals surface area (Å²) in [6.45, 7) is 2.59. The van der Waals surface area contributed by atoms with Gasteiger partial charge in [0.15, 0.2) is 0 Å². The highest BCUT2D eigenvalue weighted by atomic mass is 35.5. The van der Waals surface area contributed by atoms with Crippen LogP contribution in [-0.4, -0.2) is 37.4 Å². The van der Waals surface area contributed by atoms with Crippen molar-refractivity contribution in [2.75, 3.05) is 31.8 Å². The van der Waals surface area contributed by atoms with Gasteiger partial charge in [0.05, 0.1) is 14.2 Å². The van der Waals surface area contributed by atoms with E-state index in [1.165, 1.54) is 0 Å². The van der Waals surface area contributed by atoms with E-state index in [0.29, 0.717) is 28.8 Å². The molecule has 1 heterocycles. The Morgan fingerprint density at radius 1 is 1.19 bits per heavy atom. The maximum absolute atomic E-state index is 12.8. The second kappa shape index (κ2) is 8.10. The fourth-order valence-corrected chi connectivity index (χ4v) is 4.21. The molecule has 0 radical (unpaired) electrons. The first kappa shape index (κ1) is 18.7. The van der Waals surface area contributed by atoms with Gasteiger partial charge in [-0.2, -0.15) is 0 Å². The molecule has 1 N–H and O–H groups in total. The molecule has 2 aromatic rings. The summed E-state index contributed by atoms with van der Waals surface area (Å²) in [5, 5.41) is 3.47. The Labute approximate surface area is 162 Å². The maximum Gasteiger partial charge on any atom is 0.323 e. The van der Waals surface area contributed by atoms with Gasteiger partial charge in [-0.1, -0.05) is 17.7 Å². The van der Waals surface area contributed by atoms with E-state index in [0.717, 1.165) is 16.9 Å². The first-order chi connectivity index (χ1) is 12.5. The van der Waals surface area contributed by atoms with Gasteiger partial charge in [-0.15, -0.1) is 11.8 Å². The van der Waals surface area contributed by atoms with E-state index in [-0.39, 0.29) is 11.4 Å². The second-order valence-electron chi connectivity index (χ2n) is 5.96. The van der Waals surface area contributed by atoms with Crippen LogP contribution in [0.4, 0.5) is 10.5 Å². The molecular weight excluding hydrogens is 372 g/mol. The molecule has 0 bridgehead atoms. The molecule has 0 spiro atoms. The van der Waals surface area contributed by atoms with Gasteiger partial charge in [0.2, 0.25) is 0 Å². The molecule has 1 aliphatic heterocycles. The Morgan fingerprint density at radius 2 is 1.88 bits per heavy atom. The number of halogens is 1. The van der Waals surface area contributed by atoms with Gasteiger partial charge in [-0.25, -0.2) is 4.79 Å². The Kier molecular flexibility index (Phi) is 5.84. The molecule has 1 saturated heterocycles. The third-order valence-corrected chi connectivity index (χ3v) is 5.90. The van der Waals surface area contributed by atoms with Crippen LogP contribution in [0, 0.1) is 6.92 Å². The highest BCUT2D eigenvalue weighted by molar-refractivity contribution is 7.99. The SMILES string of the molecule is COc1cc(OC)cc([C@H]2SCCN2C(=O)Nc2ccc(C)c(Cl)c2)c1. The number of urea groups is 1. The lowest BCUT2D eigenvalue weighted by molar-refractivity contribution is 0.214. The standard InChI is InChI=1S/C19H21ClN2O3S/c1-12-4-5-14(10-17(12)20)21-19(23)22-6-7-26-18(22)13-8-15(24-2)11-16(9-13)25-3/h4-5,8-11,18H,6-7H2,1-3H3,(H,21,23)/t18-/m1/s1. The van der Waals surface area contributed by atoms with Crippen LogP contribution >= 0.6 is 23.4 Å². The molecule has 0 unspecified atom stereocenters. The molecule has 1 atom stereocenters. The first-order valence-corrected chi connectivity index (χ1v) is 9.63. The number of ether oxygens (including phenoxy) is 2. The summed E-state index contributed by atoms with van der Waals surface area (Å²) in [5.41, 5.74) is 2.63. The van der Waals surface area contributed by atoms with Crippen molar-refractivity contribution in [1.29, 1.82) is 0 Å². The van der Waals surface area contributed by atoms with Crippen molar-refractivity contribution in [2.24, 2.45) is 0 Å². The number of methoxy groups -OCH3 is 2. The van der Waals surface area contributed by atoms with Crippen molar-refractivity contribution in [3.63, 3.8) is 0 Å². The predicted octanol–water partition coefficient (Wildman–Crippen LogP) is 4.95. The molecular formula is C19H21ClN2O3S. The van der Waals surface area contributed by atoms with Gasteiger partial charge in [0.25, 0.3) is 0 Å². The zero-order chi connectivity index (χ0) is 18.7. The van der Waals surface area contributed by atoms with E-state index in [4.69, 9.17) is 21.1 Å². The van der Waals surface area contributed by atoms with Gasteiger partial charge in [-0.3, -0.25) is 0 Å². The Morgan fingerprint density at radius 3 is 2.50 bits per heavy atom. The highest BCUT2D eigenvalue weighted by Gasteiger charge is 2.31. The third kappa shape index (κ3) is 4.02. The molecule has 5 nitrogen and oxygen atoms in total. The van der Waals surface area contributed by atoms with E-state index >= 15 is 0 Å². The molecule has 138 valence electrons. The summed E-state index contributed by atoms with van der Waals surface area (Å²) in [5.74, 6) is 2.28. The summed E-state index contributed by atoms with van der Waals surface area (Å²) < 4.78 is 10.7. The zero-order valence-electron chi connectivity index (χ0n) is 14.9. The van der Waals surface area contributed by atoms with E-state index in [1.807, 2.05) is 42.2 Å². The quantitative estimate of drug-likeness (QED) is 0.800.